The third-order valence-electron chi connectivity index (χ3n) is 1.50. The van der Waals surface area contributed by atoms with E-state index in [-0.39, 0.29) is 24.0 Å². The van der Waals surface area contributed by atoms with E-state index >= 15 is 0 Å². The molecule has 2 nitrogen and oxygen atoms in total. The first kappa shape index (κ1) is 11.9. The Morgan fingerprint density at radius 3 is 2.50 bits per heavy atom. The molecule has 12 heavy (non-hydrogen) atoms. The largest absolute Gasteiger partial charge is 0.305 e. The zero-order valence-electron chi connectivity index (χ0n) is 7.12. The molecule has 68 valence electrons. The summed E-state index contributed by atoms with van der Waals surface area (Å²) in [6.45, 7) is 0.862. The van der Waals surface area contributed by atoms with Crippen molar-refractivity contribution in [1.29, 1.82) is 0 Å². The van der Waals surface area contributed by atoms with Crippen molar-refractivity contribution >= 4 is 24.0 Å². The minimum absolute atomic E-state index is 0. The molecule has 1 N–H and O–H groups in total. The lowest BCUT2D eigenvalue weighted by atomic mass is 10.2. The van der Waals surface area contributed by atoms with Crippen LogP contribution in [0.25, 0.3) is 0 Å². The smallest absolute Gasteiger partial charge is 0.0572 e. The van der Waals surface area contributed by atoms with Crippen LogP contribution in [0.3, 0.4) is 0 Å². The highest BCUT2D eigenvalue weighted by atomic mass is 127. The molecular weight excluding hydrogens is 265 g/mol. The predicted octanol–water partition coefficient (Wildman–Crippen LogP) is 2.00. The van der Waals surface area contributed by atoms with Crippen molar-refractivity contribution in [2.24, 2.45) is 0 Å². The highest BCUT2D eigenvalue weighted by Gasteiger charge is 1.88. The monoisotopic (exact) mass is 279 g/mol. The molecule has 0 amide bonds. The SMILES string of the molecule is CONCCc1ccccc1.I. The molecule has 0 heterocycles. The van der Waals surface area contributed by atoms with E-state index in [1.54, 1.807) is 7.11 Å². The molecule has 3 heteroatoms. The van der Waals surface area contributed by atoms with Crippen molar-refractivity contribution in [3.63, 3.8) is 0 Å². The minimum atomic E-state index is 0. The number of benzene rings is 1. The molecule has 0 aromatic heterocycles. The maximum Gasteiger partial charge on any atom is 0.0572 e. The van der Waals surface area contributed by atoms with E-state index in [4.69, 9.17) is 4.84 Å². The van der Waals surface area contributed by atoms with E-state index in [0.717, 1.165) is 13.0 Å². The lowest BCUT2D eigenvalue weighted by molar-refractivity contribution is 0.0928. The number of hydrogen-bond acceptors (Lipinski definition) is 2. The van der Waals surface area contributed by atoms with E-state index in [2.05, 4.69) is 17.6 Å². The summed E-state index contributed by atoms with van der Waals surface area (Å²) in [4.78, 5) is 4.71. The summed E-state index contributed by atoms with van der Waals surface area (Å²) in [5, 5.41) is 0. The molecule has 0 spiro atoms. The number of hydrogen-bond donors (Lipinski definition) is 1. The third-order valence-corrected chi connectivity index (χ3v) is 1.50. The van der Waals surface area contributed by atoms with Crippen LogP contribution >= 0.6 is 24.0 Å². The summed E-state index contributed by atoms with van der Waals surface area (Å²) in [6.07, 6.45) is 1.01. The Labute approximate surface area is 90.3 Å². The fourth-order valence-corrected chi connectivity index (χ4v) is 0.942. The zero-order chi connectivity index (χ0) is 7.94. The van der Waals surface area contributed by atoms with Gasteiger partial charge in [0.05, 0.1) is 7.11 Å². The first-order chi connectivity index (χ1) is 5.43. The highest BCUT2D eigenvalue weighted by Crippen LogP contribution is 1.97. The molecule has 0 aliphatic heterocycles. The van der Waals surface area contributed by atoms with Crippen molar-refractivity contribution in [2.45, 2.75) is 6.42 Å². The van der Waals surface area contributed by atoms with Crippen molar-refractivity contribution in [3.8, 4) is 0 Å². The van der Waals surface area contributed by atoms with Crippen LogP contribution < -0.4 is 5.48 Å². The van der Waals surface area contributed by atoms with Gasteiger partial charge in [-0.25, -0.2) is 5.48 Å². The first-order valence-corrected chi connectivity index (χ1v) is 3.73. The Bertz CT molecular complexity index is 191. The van der Waals surface area contributed by atoms with Gasteiger partial charge in [0.2, 0.25) is 0 Å². The summed E-state index contributed by atoms with van der Waals surface area (Å²) in [6, 6.07) is 10.3. The fourth-order valence-electron chi connectivity index (χ4n) is 0.942. The third kappa shape index (κ3) is 4.69. The molecule has 0 aliphatic carbocycles. The molecule has 0 unspecified atom stereocenters. The van der Waals surface area contributed by atoms with Gasteiger partial charge in [0.15, 0.2) is 0 Å². The molecule has 0 saturated carbocycles. The lowest BCUT2D eigenvalue weighted by Gasteiger charge is -2.00. The summed E-state index contributed by atoms with van der Waals surface area (Å²) in [7, 11) is 1.63. The van der Waals surface area contributed by atoms with Gasteiger partial charge in [-0.15, -0.1) is 24.0 Å². The van der Waals surface area contributed by atoms with Crippen molar-refractivity contribution < 1.29 is 4.84 Å². The van der Waals surface area contributed by atoms with Crippen LogP contribution in [0.5, 0.6) is 0 Å². The Kier molecular flexibility index (Phi) is 7.43. The summed E-state index contributed by atoms with van der Waals surface area (Å²) < 4.78 is 0. The van der Waals surface area contributed by atoms with E-state index in [1.807, 2.05) is 18.2 Å². The molecule has 0 radical (unpaired) electrons. The second kappa shape index (κ2) is 7.52. The second-order valence-corrected chi connectivity index (χ2v) is 2.33. The van der Waals surface area contributed by atoms with Crippen LogP contribution in [0.15, 0.2) is 30.3 Å². The van der Waals surface area contributed by atoms with E-state index < -0.39 is 0 Å². The summed E-state index contributed by atoms with van der Waals surface area (Å²) in [5.74, 6) is 0. The Balaban J connectivity index is 0.00000121. The average Bonchev–Trinajstić information content (AvgIpc) is 2.07. The molecule has 1 rings (SSSR count). The van der Waals surface area contributed by atoms with Gasteiger partial charge >= 0.3 is 0 Å². The molecule has 1 aromatic carbocycles. The molecule has 0 fully saturated rings. The summed E-state index contributed by atoms with van der Waals surface area (Å²) >= 11 is 0. The average molecular weight is 279 g/mol. The molecule has 1 aromatic rings. The topological polar surface area (TPSA) is 21.3 Å². The van der Waals surface area contributed by atoms with E-state index in [9.17, 15) is 0 Å². The van der Waals surface area contributed by atoms with Gasteiger partial charge in [-0.1, -0.05) is 30.3 Å². The quantitative estimate of drug-likeness (QED) is 0.517. The van der Waals surface area contributed by atoms with Gasteiger partial charge in [-0.2, -0.15) is 0 Å². The van der Waals surface area contributed by atoms with Gasteiger partial charge in [0.25, 0.3) is 0 Å². The van der Waals surface area contributed by atoms with Crippen LogP contribution in [0.2, 0.25) is 0 Å². The highest BCUT2D eigenvalue weighted by molar-refractivity contribution is 14.0. The van der Waals surface area contributed by atoms with Crippen LogP contribution in [0, 0.1) is 0 Å². The number of hydroxylamine groups is 1. The van der Waals surface area contributed by atoms with Crippen molar-refractivity contribution in [2.75, 3.05) is 13.7 Å². The second-order valence-electron chi connectivity index (χ2n) is 2.33. The Hall–Kier alpha value is -0.130. The van der Waals surface area contributed by atoms with Crippen LogP contribution in [0.1, 0.15) is 5.56 Å². The van der Waals surface area contributed by atoms with Crippen LogP contribution in [-0.4, -0.2) is 13.7 Å². The number of nitrogens with one attached hydrogen (secondary N) is 1. The van der Waals surface area contributed by atoms with Gasteiger partial charge in [0.1, 0.15) is 0 Å². The normalized spacial score (nSPS) is 9.08. The summed E-state index contributed by atoms with van der Waals surface area (Å²) in [5.41, 5.74) is 4.13. The van der Waals surface area contributed by atoms with Gasteiger partial charge < -0.3 is 4.84 Å². The van der Waals surface area contributed by atoms with Gasteiger partial charge in [-0.05, 0) is 12.0 Å². The number of rotatable bonds is 4. The van der Waals surface area contributed by atoms with Crippen molar-refractivity contribution in [3.05, 3.63) is 35.9 Å². The van der Waals surface area contributed by atoms with Gasteiger partial charge in [-0.3, -0.25) is 0 Å². The van der Waals surface area contributed by atoms with Crippen LogP contribution in [0.4, 0.5) is 0 Å². The van der Waals surface area contributed by atoms with Crippen molar-refractivity contribution in [1.82, 2.24) is 5.48 Å². The van der Waals surface area contributed by atoms with E-state index in [1.165, 1.54) is 5.56 Å². The van der Waals surface area contributed by atoms with Crippen LogP contribution in [-0.2, 0) is 11.3 Å². The lowest BCUT2D eigenvalue weighted by Crippen LogP contribution is -2.14. The zero-order valence-corrected chi connectivity index (χ0v) is 9.45. The minimum Gasteiger partial charge on any atom is -0.305 e. The predicted molar refractivity (Wildman–Crippen MR) is 60.6 cm³/mol. The maximum absolute atomic E-state index is 4.71. The maximum atomic E-state index is 4.71. The Morgan fingerprint density at radius 1 is 1.25 bits per heavy atom. The molecule has 0 saturated heterocycles. The Morgan fingerprint density at radius 2 is 1.92 bits per heavy atom. The number of halogens is 1. The van der Waals surface area contributed by atoms with Gasteiger partial charge in [0, 0.05) is 6.54 Å². The fraction of sp³-hybridized carbons (Fsp3) is 0.333. The van der Waals surface area contributed by atoms with E-state index in [0.29, 0.717) is 0 Å². The molecule has 0 atom stereocenters. The molecular formula is C9H14INO. The standard InChI is InChI=1S/C9H13NO.HI/c1-11-10-8-7-9-5-3-2-4-6-9;/h2-6,10H,7-8H2,1H3;1H. The first-order valence-electron chi connectivity index (χ1n) is 3.73. The molecule has 0 bridgehead atoms. The molecule has 0 aliphatic rings.